The number of hydrogen-bond donors (Lipinski definition) is 0. The molecule has 0 saturated carbocycles. The summed E-state index contributed by atoms with van der Waals surface area (Å²) in [5.41, 5.74) is 0.205. The standard InChI is InChI=1S/C8H17FO/c1-8(2,3)7-10-6-4-5-9/h4-7H2,1-3H3. The summed E-state index contributed by atoms with van der Waals surface area (Å²) in [5, 5.41) is 0. The van der Waals surface area contributed by atoms with Gasteiger partial charge in [-0.15, -0.1) is 0 Å². The van der Waals surface area contributed by atoms with Gasteiger partial charge in [0.2, 0.25) is 0 Å². The van der Waals surface area contributed by atoms with Crippen molar-refractivity contribution in [3.63, 3.8) is 0 Å². The van der Waals surface area contributed by atoms with E-state index >= 15 is 0 Å². The summed E-state index contributed by atoms with van der Waals surface area (Å²) in [6, 6.07) is 0. The Hall–Kier alpha value is -0.110. The van der Waals surface area contributed by atoms with Gasteiger partial charge in [0, 0.05) is 6.61 Å². The van der Waals surface area contributed by atoms with E-state index in [9.17, 15) is 4.39 Å². The van der Waals surface area contributed by atoms with Crippen molar-refractivity contribution < 1.29 is 9.13 Å². The van der Waals surface area contributed by atoms with Crippen LogP contribution in [0.15, 0.2) is 0 Å². The van der Waals surface area contributed by atoms with E-state index in [0.717, 1.165) is 0 Å². The van der Waals surface area contributed by atoms with Crippen LogP contribution in [0, 0.1) is 5.41 Å². The molecule has 1 nitrogen and oxygen atoms in total. The van der Waals surface area contributed by atoms with Crippen LogP contribution in [-0.2, 0) is 4.74 Å². The first-order valence-electron chi connectivity index (χ1n) is 3.70. The lowest BCUT2D eigenvalue weighted by Gasteiger charge is -2.17. The Labute approximate surface area is 62.6 Å². The smallest absolute Gasteiger partial charge is 0.0916 e. The molecule has 0 radical (unpaired) electrons. The molecule has 0 heterocycles. The van der Waals surface area contributed by atoms with E-state index in [1.54, 1.807) is 0 Å². The van der Waals surface area contributed by atoms with Crippen LogP contribution in [0.3, 0.4) is 0 Å². The van der Waals surface area contributed by atoms with Crippen LogP contribution in [0.4, 0.5) is 4.39 Å². The fraction of sp³-hybridized carbons (Fsp3) is 1.00. The molecule has 0 bridgehead atoms. The Balaban J connectivity index is 3.04. The number of halogens is 1. The van der Waals surface area contributed by atoms with Gasteiger partial charge in [0.05, 0.1) is 13.3 Å². The first-order valence-corrected chi connectivity index (χ1v) is 3.70. The van der Waals surface area contributed by atoms with Crippen LogP contribution in [0.2, 0.25) is 0 Å². The molecule has 0 spiro atoms. The zero-order chi connectivity index (χ0) is 8.04. The summed E-state index contributed by atoms with van der Waals surface area (Å²) < 4.78 is 16.7. The summed E-state index contributed by atoms with van der Waals surface area (Å²) in [6.45, 7) is 7.29. The third kappa shape index (κ3) is 7.89. The summed E-state index contributed by atoms with van der Waals surface area (Å²) in [4.78, 5) is 0. The molecule has 0 aliphatic rings. The van der Waals surface area contributed by atoms with Crippen molar-refractivity contribution in [1.29, 1.82) is 0 Å². The van der Waals surface area contributed by atoms with Gasteiger partial charge in [-0.05, 0) is 11.8 Å². The molecule has 0 aromatic carbocycles. The summed E-state index contributed by atoms with van der Waals surface area (Å²) in [5.74, 6) is 0. The molecule has 0 aromatic rings. The second kappa shape index (κ2) is 4.67. The highest BCUT2D eigenvalue weighted by atomic mass is 19.1. The van der Waals surface area contributed by atoms with Gasteiger partial charge < -0.3 is 4.74 Å². The summed E-state index contributed by atoms with van der Waals surface area (Å²) in [6.07, 6.45) is 0.524. The maximum absolute atomic E-state index is 11.5. The molecule has 0 unspecified atom stereocenters. The second-order valence-electron chi connectivity index (χ2n) is 3.66. The molecule has 62 valence electrons. The normalized spacial score (nSPS) is 12.0. The second-order valence-corrected chi connectivity index (χ2v) is 3.66. The molecule has 0 aliphatic heterocycles. The Morgan fingerprint density at radius 2 is 1.90 bits per heavy atom. The van der Waals surface area contributed by atoms with Crippen LogP contribution in [0.25, 0.3) is 0 Å². The van der Waals surface area contributed by atoms with Crippen molar-refractivity contribution in [1.82, 2.24) is 0 Å². The van der Waals surface area contributed by atoms with Crippen molar-refractivity contribution in [2.24, 2.45) is 5.41 Å². The molecule has 0 aliphatic carbocycles. The van der Waals surface area contributed by atoms with Gasteiger partial charge in [-0.25, -0.2) is 0 Å². The van der Waals surface area contributed by atoms with E-state index in [2.05, 4.69) is 20.8 Å². The zero-order valence-electron chi connectivity index (χ0n) is 7.11. The van der Waals surface area contributed by atoms with Gasteiger partial charge in [0.15, 0.2) is 0 Å². The third-order valence-corrected chi connectivity index (χ3v) is 0.957. The Morgan fingerprint density at radius 3 is 2.30 bits per heavy atom. The minimum Gasteiger partial charge on any atom is -0.381 e. The van der Waals surface area contributed by atoms with Crippen molar-refractivity contribution in [3.05, 3.63) is 0 Å². The average molecular weight is 148 g/mol. The van der Waals surface area contributed by atoms with Gasteiger partial charge in [-0.1, -0.05) is 20.8 Å². The largest absolute Gasteiger partial charge is 0.381 e. The lowest BCUT2D eigenvalue weighted by molar-refractivity contribution is 0.0668. The number of alkyl halides is 1. The minimum atomic E-state index is -0.274. The molecule has 0 amide bonds. The van der Waals surface area contributed by atoms with E-state index < -0.39 is 0 Å². The first kappa shape index (κ1) is 9.89. The van der Waals surface area contributed by atoms with E-state index in [0.29, 0.717) is 19.6 Å². The molecule has 2 heteroatoms. The van der Waals surface area contributed by atoms with Gasteiger partial charge in [-0.3, -0.25) is 4.39 Å². The molecule has 0 rings (SSSR count). The highest BCUT2D eigenvalue weighted by Gasteiger charge is 2.08. The number of ether oxygens (including phenoxy) is 1. The maximum atomic E-state index is 11.5. The third-order valence-electron chi connectivity index (χ3n) is 0.957. The topological polar surface area (TPSA) is 9.23 Å². The van der Waals surface area contributed by atoms with Gasteiger partial charge in [0.1, 0.15) is 0 Å². The molecule has 0 N–H and O–H groups in total. The van der Waals surface area contributed by atoms with Gasteiger partial charge >= 0.3 is 0 Å². The molecule has 0 fully saturated rings. The Morgan fingerprint density at radius 1 is 1.30 bits per heavy atom. The van der Waals surface area contributed by atoms with Gasteiger partial charge in [-0.2, -0.15) is 0 Å². The highest BCUT2D eigenvalue weighted by molar-refractivity contribution is 4.58. The van der Waals surface area contributed by atoms with Crippen molar-refractivity contribution in [3.8, 4) is 0 Å². The Bertz CT molecular complexity index is 75.8. The van der Waals surface area contributed by atoms with Crippen molar-refractivity contribution in [2.75, 3.05) is 19.9 Å². The van der Waals surface area contributed by atoms with Crippen LogP contribution in [0.5, 0.6) is 0 Å². The predicted octanol–water partition coefficient (Wildman–Crippen LogP) is 2.41. The van der Waals surface area contributed by atoms with Crippen LogP contribution < -0.4 is 0 Å². The van der Waals surface area contributed by atoms with Crippen molar-refractivity contribution in [2.45, 2.75) is 27.2 Å². The number of hydrogen-bond acceptors (Lipinski definition) is 1. The van der Waals surface area contributed by atoms with E-state index in [-0.39, 0.29) is 12.1 Å². The molecule has 0 aromatic heterocycles. The molecule has 0 atom stereocenters. The predicted molar refractivity (Wildman–Crippen MR) is 40.9 cm³/mol. The van der Waals surface area contributed by atoms with E-state index in [4.69, 9.17) is 4.74 Å². The fourth-order valence-corrected chi connectivity index (χ4v) is 0.535. The SMILES string of the molecule is CC(C)(C)COCCCF. The summed E-state index contributed by atoms with van der Waals surface area (Å²) >= 11 is 0. The first-order chi connectivity index (χ1) is 4.56. The van der Waals surface area contributed by atoms with Crippen LogP contribution in [0.1, 0.15) is 27.2 Å². The van der Waals surface area contributed by atoms with Crippen molar-refractivity contribution >= 4 is 0 Å². The maximum Gasteiger partial charge on any atom is 0.0916 e. The molecule has 0 saturated heterocycles. The zero-order valence-corrected chi connectivity index (χ0v) is 7.11. The monoisotopic (exact) mass is 148 g/mol. The summed E-state index contributed by atoms with van der Waals surface area (Å²) in [7, 11) is 0. The molecule has 10 heavy (non-hydrogen) atoms. The minimum absolute atomic E-state index is 0.205. The van der Waals surface area contributed by atoms with Gasteiger partial charge in [0.25, 0.3) is 0 Å². The highest BCUT2D eigenvalue weighted by Crippen LogP contribution is 2.12. The number of rotatable bonds is 4. The Kier molecular flexibility index (Phi) is 4.62. The average Bonchev–Trinajstić information content (AvgIpc) is 1.78. The lowest BCUT2D eigenvalue weighted by atomic mass is 9.99. The quantitative estimate of drug-likeness (QED) is 0.556. The van der Waals surface area contributed by atoms with Crippen LogP contribution >= 0.6 is 0 Å². The fourth-order valence-electron chi connectivity index (χ4n) is 0.535. The van der Waals surface area contributed by atoms with E-state index in [1.807, 2.05) is 0 Å². The van der Waals surface area contributed by atoms with Crippen LogP contribution in [-0.4, -0.2) is 19.9 Å². The molecular weight excluding hydrogens is 131 g/mol. The molecular formula is C8H17FO. The van der Waals surface area contributed by atoms with E-state index in [1.165, 1.54) is 0 Å². The lowest BCUT2D eigenvalue weighted by Crippen LogP contribution is -2.15.